The second-order valence-electron chi connectivity index (χ2n) is 4.60. The van der Waals surface area contributed by atoms with Crippen molar-refractivity contribution >= 4 is 6.03 Å². The number of rotatable bonds is 2. The average Bonchev–Trinajstić information content (AvgIpc) is 2.75. The van der Waals surface area contributed by atoms with E-state index in [1.807, 2.05) is 0 Å². The Labute approximate surface area is 79.3 Å². The van der Waals surface area contributed by atoms with E-state index in [-0.39, 0.29) is 6.03 Å². The van der Waals surface area contributed by atoms with Crippen molar-refractivity contribution in [2.45, 2.75) is 45.2 Å². The normalized spacial score (nSPS) is 42.0. The van der Waals surface area contributed by atoms with Gasteiger partial charge in [0.25, 0.3) is 0 Å². The molecule has 4 unspecified atom stereocenters. The van der Waals surface area contributed by atoms with E-state index >= 15 is 0 Å². The molecule has 2 amide bonds. The molecule has 3 heteroatoms. The van der Waals surface area contributed by atoms with E-state index in [0.29, 0.717) is 23.9 Å². The monoisotopic (exact) mass is 182 g/mol. The maximum Gasteiger partial charge on any atom is 0.315 e. The van der Waals surface area contributed by atoms with Crippen molar-refractivity contribution in [3.63, 3.8) is 0 Å². The highest BCUT2D eigenvalue weighted by atomic mass is 16.2. The minimum atomic E-state index is 0.0332. The minimum Gasteiger partial charge on any atom is -0.335 e. The molecule has 0 heterocycles. The van der Waals surface area contributed by atoms with Gasteiger partial charge in [-0.05, 0) is 31.1 Å². The van der Waals surface area contributed by atoms with E-state index in [0.717, 1.165) is 12.8 Å². The molecule has 2 rings (SSSR count). The molecule has 13 heavy (non-hydrogen) atoms. The number of urea groups is 1. The largest absolute Gasteiger partial charge is 0.335 e. The summed E-state index contributed by atoms with van der Waals surface area (Å²) in [7, 11) is 0. The summed E-state index contributed by atoms with van der Waals surface area (Å²) in [4.78, 5) is 11.4. The number of amides is 2. The van der Waals surface area contributed by atoms with Crippen molar-refractivity contribution < 1.29 is 4.79 Å². The first-order valence-corrected chi connectivity index (χ1v) is 5.24. The fourth-order valence-electron chi connectivity index (χ4n) is 1.78. The van der Waals surface area contributed by atoms with E-state index in [9.17, 15) is 4.79 Å². The standard InChI is InChI=1S/C10H18N2O/c1-6-3-4-8(6)11-10(13)12-9-5-7(9)2/h6-9H,3-5H2,1-2H3,(H2,11,12,13). The van der Waals surface area contributed by atoms with Crippen LogP contribution in [0.15, 0.2) is 0 Å². The first-order valence-electron chi connectivity index (χ1n) is 5.24. The maximum atomic E-state index is 11.4. The van der Waals surface area contributed by atoms with Gasteiger partial charge in [-0.1, -0.05) is 13.8 Å². The smallest absolute Gasteiger partial charge is 0.315 e. The fraction of sp³-hybridized carbons (Fsp3) is 0.900. The Kier molecular flexibility index (Phi) is 2.18. The lowest BCUT2D eigenvalue weighted by atomic mass is 9.81. The molecular weight excluding hydrogens is 164 g/mol. The second kappa shape index (κ2) is 3.20. The molecule has 3 nitrogen and oxygen atoms in total. The Bertz CT molecular complexity index is 217. The molecule has 4 atom stereocenters. The fourth-order valence-corrected chi connectivity index (χ4v) is 1.78. The maximum absolute atomic E-state index is 11.4. The van der Waals surface area contributed by atoms with E-state index in [2.05, 4.69) is 24.5 Å². The first kappa shape index (κ1) is 8.85. The molecule has 0 aromatic rings. The predicted octanol–water partition coefficient (Wildman–Crippen LogP) is 1.49. The molecule has 0 aliphatic heterocycles. The molecule has 0 saturated heterocycles. The highest BCUT2D eigenvalue weighted by Crippen LogP contribution is 2.29. The molecule has 0 aromatic heterocycles. The molecule has 0 bridgehead atoms. The van der Waals surface area contributed by atoms with Crippen LogP contribution in [0.3, 0.4) is 0 Å². The molecule has 0 radical (unpaired) electrons. The van der Waals surface area contributed by atoms with E-state index in [1.165, 1.54) is 6.42 Å². The zero-order valence-corrected chi connectivity index (χ0v) is 8.34. The van der Waals surface area contributed by atoms with Gasteiger partial charge >= 0.3 is 6.03 Å². The van der Waals surface area contributed by atoms with Gasteiger partial charge in [0.2, 0.25) is 0 Å². The molecule has 0 aromatic carbocycles. The minimum absolute atomic E-state index is 0.0332. The summed E-state index contributed by atoms with van der Waals surface area (Å²) in [5.74, 6) is 1.35. The molecule has 2 N–H and O–H groups in total. The van der Waals surface area contributed by atoms with E-state index < -0.39 is 0 Å². The van der Waals surface area contributed by atoms with Crippen molar-refractivity contribution in [3.05, 3.63) is 0 Å². The Morgan fingerprint density at radius 1 is 1.08 bits per heavy atom. The molecule has 0 spiro atoms. The third-order valence-electron chi connectivity index (χ3n) is 3.36. The van der Waals surface area contributed by atoms with Crippen LogP contribution < -0.4 is 10.6 Å². The van der Waals surface area contributed by atoms with E-state index in [1.54, 1.807) is 0 Å². The number of hydrogen-bond donors (Lipinski definition) is 2. The zero-order valence-electron chi connectivity index (χ0n) is 8.34. The van der Waals surface area contributed by atoms with Crippen LogP contribution in [0.1, 0.15) is 33.1 Å². The van der Waals surface area contributed by atoms with Gasteiger partial charge in [0.1, 0.15) is 0 Å². The van der Waals surface area contributed by atoms with Gasteiger partial charge in [-0.15, -0.1) is 0 Å². The van der Waals surface area contributed by atoms with Crippen LogP contribution in [-0.2, 0) is 0 Å². The summed E-state index contributed by atoms with van der Waals surface area (Å²) in [6, 6.07) is 0.898. The molecular formula is C10H18N2O. The van der Waals surface area contributed by atoms with E-state index in [4.69, 9.17) is 0 Å². The quantitative estimate of drug-likeness (QED) is 0.667. The summed E-state index contributed by atoms with van der Waals surface area (Å²) in [6.45, 7) is 4.35. The lowest BCUT2D eigenvalue weighted by Crippen LogP contribution is -2.50. The summed E-state index contributed by atoms with van der Waals surface area (Å²) in [6.07, 6.45) is 3.55. The van der Waals surface area contributed by atoms with Crippen LogP contribution in [0.2, 0.25) is 0 Å². The number of carbonyl (C=O) groups is 1. The zero-order chi connectivity index (χ0) is 9.42. The van der Waals surface area contributed by atoms with Crippen LogP contribution in [0.25, 0.3) is 0 Å². The van der Waals surface area contributed by atoms with Crippen molar-refractivity contribution in [2.24, 2.45) is 11.8 Å². The topological polar surface area (TPSA) is 41.1 Å². The Hall–Kier alpha value is -0.730. The van der Waals surface area contributed by atoms with Gasteiger partial charge in [-0.25, -0.2) is 4.79 Å². The van der Waals surface area contributed by atoms with Crippen LogP contribution in [0.4, 0.5) is 4.79 Å². The molecule has 2 aliphatic rings. The van der Waals surface area contributed by atoms with Crippen molar-refractivity contribution in [3.8, 4) is 0 Å². The number of nitrogens with one attached hydrogen (secondary N) is 2. The summed E-state index contributed by atoms with van der Waals surface area (Å²) in [5, 5.41) is 5.98. The van der Waals surface area contributed by atoms with Crippen molar-refractivity contribution in [1.82, 2.24) is 10.6 Å². The highest BCUT2D eigenvalue weighted by molar-refractivity contribution is 5.75. The highest BCUT2D eigenvalue weighted by Gasteiger charge is 2.35. The second-order valence-corrected chi connectivity index (χ2v) is 4.60. The Balaban J connectivity index is 1.66. The van der Waals surface area contributed by atoms with Crippen LogP contribution in [-0.4, -0.2) is 18.1 Å². The number of carbonyl (C=O) groups excluding carboxylic acids is 1. The third kappa shape index (κ3) is 1.95. The molecule has 2 saturated carbocycles. The Morgan fingerprint density at radius 2 is 1.69 bits per heavy atom. The molecule has 2 aliphatic carbocycles. The Morgan fingerprint density at radius 3 is 2.08 bits per heavy atom. The van der Waals surface area contributed by atoms with Crippen LogP contribution in [0.5, 0.6) is 0 Å². The van der Waals surface area contributed by atoms with Crippen molar-refractivity contribution in [2.75, 3.05) is 0 Å². The number of hydrogen-bond acceptors (Lipinski definition) is 1. The SMILES string of the molecule is CC1CCC1NC(=O)NC1CC1C. The van der Waals surface area contributed by atoms with Gasteiger partial charge < -0.3 is 10.6 Å². The molecule has 74 valence electrons. The van der Waals surface area contributed by atoms with Gasteiger partial charge in [0.15, 0.2) is 0 Å². The summed E-state index contributed by atoms with van der Waals surface area (Å²) >= 11 is 0. The summed E-state index contributed by atoms with van der Waals surface area (Å²) < 4.78 is 0. The predicted molar refractivity (Wildman–Crippen MR) is 51.4 cm³/mol. The van der Waals surface area contributed by atoms with Crippen LogP contribution in [0, 0.1) is 11.8 Å². The van der Waals surface area contributed by atoms with Gasteiger partial charge in [-0.2, -0.15) is 0 Å². The first-order chi connectivity index (χ1) is 6.16. The lowest BCUT2D eigenvalue weighted by molar-refractivity contribution is 0.203. The third-order valence-corrected chi connectivity index (χ3v) is 3.36. The molecule has 2 fully saturated rings. The van der Waals surface area contributed by atoms with Crippen molar-refractivity contribution in [1.29, 1.82) is 0 Å². The lowest BCUT2D eigenvalue weighted by Gasteiger charge is -2.34. The van der Waals surface area contributed by atoms with Gasteiger partial charge in [-0.3, -0.25) is 0 Å². The van der Waals surface area contributed by atoms with Gasteiger partial charge in [0, 0.05) is 12.1 Å². The van der Waals surface area contributed by atoms with Gasteiger partial charge in [0.05, 0.1) is 0 Å². The summed E-state index contributed by atoms with van der Waals surface area (Å²) in [5.41, 5.74) is 0. The average molecular weight is 182 g/mol. The van der Waals surface area contributed by atoms with Crippen LogP contribution >= 0.6 is 0 Å².